The Balaban J connectivity index is 1.95. The summed E-state index contributed by atoms with van der Waals surface area (Å²) in [7, 11) is 0. The zero-order chi connectivity index (χ0) is 15.1. The molecule has 0 spiro atoms. The van der Waals surface area contributed by atoms with Crippen molar-refractivity contribution in [2.75, 3.05) is 5.75 Å². The molecule has 6 nitrogen and oxygen atoms in total. The van der Waals surface area contributed by atoms with Gasteiger partial charge >= 0.3 is 5.97 Å². The highest BCUT2D eigenvalue weighted by Crippen LogP contribution is 2.46. The fraction of sp³-hybridized carbons (Fsp3) is 0.429. The van der Waals surface area contributed by atoms with E-state index in [9.17, 15) is 24.9 Å². The normalized spacial score (nSPS) is 25.0. The highest BCUT2D eigenvalue weighted by Gasteiger charge is 2.48. The number of rotatable bonds is 3. The van der Waals surface area contributed by atoms with Crippen molar-refractivity contribution in [3.05, 3.63) is 23.8 Å². The van der Waals surface area contributed by atoms with Gasteiger partial charge in [0.25, 0.3) is 5.91 Å². The molecule has 0 bridgehead atoms. The average Bonchev–Trinajstić information content (AvgIpc) is 3.19. The zero-order valence-electron chi connectivity index (χ0n) is 11.1. The molecule has 0 radical (unpaired) electrons. The van der Waals surface area contributed by atoms with E-state index >= 15 is 0 Å². The Morgan fingerprint density at radius 2 is 1.95 bits per heavy atom. The van der Waals surface area contributed by atoms with Gasteiger partial charge in [-0.15, -0.1) is 11.8 Å². The number of carbonyl (C=O) groups excluding carboxylic acids is 1. The number of carboxylic acids is 1. The molecule has 7 heteroatoms. The van der Waals surface area contributed by atoms with Crippen molar-refractivity contribution in [2.45, 2.75) is 24.3 Å². The number of nitrogens with zero attached hydrogens (tertiary/aromatic N) is 1. The van der Waals surface area contributed by atoms with Crippen LogP contribution in [-0.2, 0) is 4.79 Å². The van der Waals surface area contributed by atoms with E-state index in [1.165, 1.54) is 34.9 Å². The number of phenolic OH excluding ortho intramolecular Hbond substituents is 2. The summed E-state index contributed by atoms with van der Waals surface area (Å²) in [5.41, 5.74) is -0.0607. The van der Waals surface area contributed by atoms with Gasteiger partial charge in [0, 0.05) is 5.75 Å². The second kappa shape index (κ2) is 5.14. The number of aliphatic carboxylic acids is 1. The number of amides is 1. The van der Waals surface area contributed by atoms with Crippen LogP contribution in [0.25, 0.3) is 0 Å². The molecule has 2 aliphatic rings. The minimum Gasteiger partial charge on any atom is -0.508 e. The Morgan fingerprint density at radius 1 is 1.24 bits per heavy atom. The van der Waals surface area contributed by atoms with E-state index in [2.05, 4.69) is 0 Å². The van der Waals surface area contributed by atoms with Crippen molar-refractivity contribution in [1.29, 1.82) is 0 Å². The predicted octanol–water partition coefficient (Wildman–Crippen LogP) is 1.48. The molecule has 2 atom stereocenters. The highest BCUT2D eigenvalue weighted by atomic mass is 32.2. The topological polar surface area (TPSA) is 98.1 Å². The minimum atomic E-state index is -1.04. The lowest BCUT2D eigenvalue weighted by Gasteiger charge is -2.27. The van der Waals surface area contributed by atoms with E-state index in [1.807, 2.05) is 0 Å². The minimum absolute atomic E-state index is 0.0607. The number of carboxylic acid groups (broad SMARTS) is 1. The lowest BCUT2D eigenvalue weighted by atomic mass is 10.1. The van der Waals surface area contributed by atoms with Gasteiger partial charge in [0.1, 0.15) is 17.5 Å². The van der Waals surface area contributed by atoms with Crippen LogP contribution in [0.4, 0.5) is 0 Å². The van der Waals surface area contributed by atoms with Gasteiger partial charge in [-0.2, -0.15) is 0 Å². The monoisotopic (exact) mass is 309 g/mol. The van der Waals surface area contributed by atoms with Crippen LogP contribution < -0.4 is 0 Å². The van der Waals surface area contributed by atoms with Crippen LogP contribution in [-0.4, -0.2) is 49.3 Å². The second-order valence-electron chi connectivity index (χ2n) is 5.33. The summed E-state index contributed by atoms with van der Waals surface area (Å²) in [5, 5.41) is 28.4. The smallest absolute Gasteiger partial charge is 0.327 e. The van der Waals surface area contributed by atoms with Crippen LogP contribution in [0, 0.1) is 5.92 Å². The first kappa shape index (κ1) is 14.1. The van der Waals surface area contributed by atoms with E-state index in [-0.39, 0.29) is 22.4 Å². The van der Waals surface area contributed by atoms with Crippen molar-refractivity contribution in [2.24, 2.45) is 5.92 Å². The van der Waals surface area contributed by atoms with Gasteiger partial charge in [-0.1, -0.05) is 0 Å². The molecule has 1 heterocycles. The number of phenols is 2. The van der Waals surface area contributed by atoms with Crippen molar-refractivity contribution in [3.63, 3.8) is 0 Å². The molecule has 1 aromatic rings. The molecule has 0 aromatic heterocycles. The lowest BCUT2D eigenvalue weighted by Crippen LogP contribution is -2.46. The van der Waals surface area contributed by atoms with Gasteiger partial charge in [0.2, 0.25) is 0 Å². The molecule has 21 heavy (non-hydrogen) atoms. The molecular weight excluding hydrogens is 294 g/mol. The number of hydrogen-bond donors (Lipinski definition) is 3. The average molecular weight is 309 g/mol. The summed E-state index contributed by atoms with van der Waals surface area (Å²) in [4.78, 5) is 25.4. The van der Waals surface area contributed by atoms with Gasteiger partial charge in [0.15, 0.2) is 0 Å². The molecule has 1 saturated carbocycles. The van der Waals surface area contributed by atoms with Crippen LogP contribution in [0.1, 0.15) is 23.2 Å². The molecule has 2 unspecified atom stereocenters. The predicted molar refractivity (Wildman–Crippen MR) is 76.3 cm³/mol. The Bertz CT molecular complexity index is 601. The maximum absolute atomic E-state index is 12.7. The molecular formula is C14H15NO5S. The van der Waals surface area contributed by atoms with Crippen LogP contribution >= 0.6 is 11.8 Å². The third-order valence-electron chi connectivity index (χ3n) is 3.79. The van der Waals surface area contributed by atoms with Gasteiger partial charge in [0.05, 0.1) is 10.9 Å². The van der Waals surface area contributed by atoms with Gasteiger partial charge in [-0.05, 0) is 37.0 Å². The first-order chi connectivity index (χ1) is 9.99. The zero-order valence-corrected chi connectivity index (χ0v) is 11.9. The first-order valence-electron chi connectivity index (χ1n) is 6.68. The third-order valence-corrected chi connectivity index (χ3v) is 5.25. The summed E-state index contributed by atoms with van der Waals surface area (Å²) >= 11 is 1.47. The van der Waals surface area contributed by atoms with Crippen molar-refractivity contribution in [3.8, 4) is 11.5 Å². The summed E-state index contributed by atoms with van der Waals surface area (Å²) in [6, 6.07) is 2.78. The van der Waals surface area contributed by atoms with Crippen LogP contribution in [0.5, 0.6) is 11.5 Å². The quantitative estimate of drug-likeness (QED) is 0.732. The van der Waals surface area contributed by atoms with Gasteiger partial charge < -0.3 is 20.2 Å². The van der Waals surface area contributed by atoms with E-state index in [0.717, 1.165) is 12.8 Å². The number of thioether (sulfide) groups is 1. The maximum atomic E-state index is 12.7. The van der Waals surface area contributed by atoms with Crippen molar-refractivity contribution < 1.29 is 24.9 Å². The molecule has 1 aliphatic heterocycles. The van der Waals surface area contributed by atoms with Crippen LogP contribution in [0.15, 0.2) is 18.2 Å². The summed E-state index contributed by atoms with van der Waals surface area (Å²) in [5.74, 6) is -1.31. The highest BCUT2D eigenvalue weighted by molar-refractivity contribution is 8.00. The third kappa shape index (κ3) is 2.53. The van der Waals surface area contributed by atoms with E-state index in [1.54, 1.807) is 0 Å². The molecule has 1 saturated heterocycles. The maximum Gasteiger partial charge on any atom is 0.327 e. The van der Waals surface area contributed by atoms with E-state index in [4.69, 9.17) is 0 Å². The molecule has 1 aliphatic carbocycles. The summed E-state index contributed by atoms with van der Waals surface area (Å²) < 4.78 is 0. The van der Waals surface area contributed by atoms with E-state index < -0.39 is 17.9 Å². The fourth-order valence-corrected chi connectivity index (χ4v) is 4.18. The molecule has 3 rings (SSSR count). The van der Waals surface area contributed by atoms with Crippen LogP contribution in [0.3, 0.4) is 0 Å². The lowest BCUT2D eigenvalue weighted by molar-refractivity contribution is -0.141. The number of benzene rings is 1. The summed E-state index contributed by atoms with van der Waals surface area (Å²) in [6.07, 6.45) is 1.97. The van der Waals surface area contributed by atoms with Crippen molar-refractivity contribution >= 4 is 23.6 Å². The Morgan fingerprint density at radius 3 is 2.57 bits per heavy atom. The second-order valence-corrected chi connectivity index (χ2v) is 6.48. The summed E-state index contributed by atoms with van der Waals surface area (Å²) in [6.45, 7) is 0. The largest absolute Gasteiger partial charge is 0.508 e. The van der Waals surface area contributed by atoms with Gasteiger partial charge in [-0.25, -0.2) is 4.79 Å². The first-order valence-corrected chi connectivity index (χ1v) is 7.73. The fourth-order valence-electron chi connectivity index (χ4n) is 2.55. The standard InChI is InChI=1S/C14H15NO5S/c16-8-3-4-11(17)9(5-8)12(18)15-10(14(19)20)6-21-13(15)7-1-2-7/h3-5,7,10,13,16-17H,1-2,6H2,(H,19,20). The number of hydrogen-bond acceptors (Lipinski definition) is 5. The van der Waals surface area contributed by atoms with E-state index in [0.29, 0.717) is 11.7 Å². The molecule has 2 fully saturated rings. The Kier molecular flexibility index (Phi) is 3.44. The van der Waals surface area contributed by atoms with Gasteiger partial charge in [-0.3, -0.25) is 4.79 Å². The van der Waals surface area contributed by atoms with Crippen molar-refractivity contribution in [1.82, 2.24) is 4.90 Å². The molecule has 1 aromatic carbocycles. The number of carbonyl (C=O) groups is 2. The van der Waals surface area contributed by atoms with Crippen LogP contribution in [0.2, 0.25) is 0 Å². The molecule has 112 valence electrons. The molecule has 3 N–H and O–H groups in total. The molecule has 1 amide bonds. The number of aromatic hydroxyl groups is 2. The Hall–Kier alpha value is -1.89. The Labute approximate surface area is 125 Å². The SMILES string of the molecule is O=C(O)C1CSC(C2CC2)N1C(=O)c1cc(O)ccc1O.